The predicted octanol–water partition coefficient (Wildman–Crippen LogP) is 1.53. The van der Waals surface area contributed by atoms with E-state index in [1.54, 1.807) is 12.1 Å². The van der Waals surface area contributed by atoms with Gasteiger partial charge in [-0.2, -0.15) is 0 Å². The summed E-state index contributed by atoms with van der Waals surface area (Å²) in [6.45, 7) is 3.49. The van der Waals surface area contributed by atoms with Gasteiger partial charge in [0, 0.05) is 6.54 Å². The van der Waals surface area contributed by atoms with Crippen LogP contribution in [-0.2, 0) is 9.59 Å². The molecule has 0 saturated carbocycles. The molecule has 1 aliphatic heterocycles. The van der Waals surface area contributed by atoms with Gasteiger partial charge in [-0.05, 0) is 40.8 Å². The fourth-order valence-electron chi connectivity index (χ4n) is 1.54. The molecule has 0 spiro atoms. The van der Waals surface area contributed by atoms with Crippen LogP contribution in [0.3, 0.4) is 0 Å². The molecule has 4 amide bonds. The Balaban J connectivity index is 2.35. The number of carbonyl (C=O) groups is 3. The van der Waals surface area contributed by atoms with Gasteiger partial charge in [0.25, 0.3) is 11.8 Å². The molecule has 6 nitrogen and oxygen atoms in total. The van der Waals surface area contributed by atoms with Crippen LogP contribution in [0.1, 0.15) is 5.76 Å². The van der Waals surface area contributed by atoms with E-state index in [-0.39, 0.29) is 12.1 Å². The Bertz CT molecular complexity index is 603. The Morgan fingerprint density at radius 2 is 2.11 bits per heavy atom. The van der Waals surface area contributed by atoms with Crippen LogP contribution in [0.25, 0.3) is 6.08 Å². The molecule has 19 heavy (non-hydrogen) atoms. The first kappa shape index (κ1) is 13.5. The van der Waals surface area contributed by atoms with Crippen molar-refractivity contribution in [1.29, 1.82) is 0 Å². The van der Waals surface area contributed by atoms with E-state index in [2.05, 4.69) is 11.9 Å². The number of barbiturate groups is 1. The molecule has 0 aliphatic carbocycles. The zero-order valence-electron chi connectivity index (χ0n) is 9.68. The molecule has 0 unspecified atom stereocenters. The Kier molecular flexibility index (Phi) is 3.84. The van der Waals surface area contributed by atoms with Gasteiger partial charge in [0.05, 0.1) is 0 Å². The van der Waals surface area contributed by atoms with Gasteiger partial charge >= 0.3 is 6.03 Å². The minimum absolute atomic E-state index is 0.0327. The summed E-state index contributed by atoms with van der Waals surface area (Å²) in [4.78, 5) is 36.1. The fourth-order valence-corrected chi connectivity index (χ4v) is 1.97. The van der Waals surface area contributed by atoms with Crippen molar-refractivity contribution in [2.45, 2.75) is 0 Å². The third kappa shape index (κ3) is 2.75. The van der Waals surface area contributed by atoms with Crippen LogP contribution in [0.15, 0.2) is 34.8 Å². The van der Waals surface area contributed by atoms with E-state index in [1.165, 1.54) is 12.2 Å². The van der Waals surface area contributed by atoms with Crippen molar-refractivity contribution in [3.63, 3.8) is 0 Å². The number of furan rings is 1. The molecule has 7 heteroatoms. The van der Waals surface area contributed by atoms with Crippen LogP contribution in [0.2, 0.25) is 0 Å². The lowest BCUT2D eigenvalue weighted by Gasteiger charge is -2.24. The summed E-state index contributed by atoms with van der Waals surface area (Å²) in [5, 5.41) is 2.09. The summed E-state index contributed by atoms with van der Waals surface area (Å²) in [7, 11) is 0. The lowest BCUT2D eigenvalue weighted by atomic mass is 10.1. The number of imide groups is 2. The van der Waals surface area contributed by atoms with Crippen LogP contribution in [0, 0.1) is 3.77 Å². The van der Waals surface area contributed by atoms with Crippen LogP contribution < -0.4 is 5.32 Å². The second kappa shape index (κ2) is 5.39. The Labute approximate surface area is 122 Å². The van der Waals surface area contributed by atoms with Crippen molar-refractivity contribution in [3.8, 4) is 0 Å². The molecule has 1 N–H and O–H groups in total. The lowest BCUT2D eigenvalue weighted by Crippen LogP contribution is -2.54. The maximum atomic E-state index is 12.0. The van der Waals surface area contributed by atoms with E-state index in [4.69, 9.17) is 4.42 Å². The first-order chi connectivity index (χ1) is 9.02. The molecule has 0 aromatic carbocycles. The van der Waals surface area contributed by atoms with Gasteiger partial charge in [-0.15, -0.1) is 6.58 Å². The number of hydrogen-bond acceptors (Lipinski definition) is 4. The molecule has 1 aromatic rings. The van der Waals surface area contributed by atoms with E-state index in [0.29, 0.717) is 9.53 Å². The van der Waals surface area contributed by atoms with Crippen molar-refractivity contribution in [3.05, 3.63) is 39.9 Å². The average Bonchev–Trinajstić information content (AvgIpc) is 2.76. The van der Waals surface area contributed by atoms with E-state index in [9.17, 15) is 14.4 Å². The molecule has 1 aliphatic rings. The van der Waals surface area contributed by atoms with E-state index in [0.717, 1.165) is 4.90 Å². The van der Waals surface area contributed by atoms with Crippen molar-refractivity contribution < 1.29 is 18.8 Å². The standard InChI is InChI=1S/C12H9IN2O4/c1-2-5-15-11(17)8(10(16)14-12(15)18)6-7-3-4-9(13)19-7/h2-4,6H,1,5H2,(H,14,16,18)/b8-6+. The Morgan fingerprint density at radius 1 is 1.37 bits per heavy atom. The average molecular weight is 372 g/mol. The van der Waals surface area contributed by atoms with Gasteiger partial charge < -0.3 is 4.42 Å². The highest BCUT2D eigenvalue weighted by Crippen LogP contribution is 2.17. The molecule has 98 valence electrons. The number of carbonyl (C=O) groups excluding carboxylic acids is 3. The molecule has 2 heterocycles. The van der Waals surface area contributed by atoms with Crippen LogP contribution in [-0.4, -0.2) is 29.3 Å². The highest BCUT2D eigenvalue weighted by atomic mass is 127. The number of nitrogens with zero attached hydrogens (tertiary/aromatic N) is 1. The molecule has 1 aromatic heterocycles. The highest BCUT2D eigenvalue weighted by Gasteiger charge is 2.35. The summed E-state index contributed by atoms with van der Waals surface area (Å²) in [5.41, 5.74) is -0.146. The number of nitrogens with one attached hydrogen (secondary N) is 1. The van der Waals surface area contributed by atoms with Crippen molar-refractivity contribution in [2.75, 3.05) is 6.54 Å². The first-order valence-corrected chi connectivity index (χ1v) is 6.36. The predicted molar refractivity (Wildman–Crippen MR) is 74.9 cm³/mol. The minimum atomic E-state index is -0.749. The molecule has 0 bridgehead atoms. The van der Waals surface area contributed by atoms with Gasteiger partial charge in [0.15, 0.2) is 3.77 Å². The van der Waals surface area contributed by atoms with Crippen LogP contribution >= 0.6 is 22.6 Å². The summed E-state index contributed by atoms with van der Waals surface area (Å²) in [5.74, 6) is -1.03. The third-order valence-electron chi connectivity index (χ3n) is 2.38. The molecule has 1 fully saturated rings. The maximum absolute atomic E-state index is 12.0. The van der Waals surface area contributed by atoms with Crippen LogP contribution in [0.4, 0.5) is 4.79 Å². The van der Waals surface area contributed by atoms with Gasteiger partial charge in [-0.1, -0.05) is 6.08 Å². The van der Waals surface area contributed by atoms with Gasteiger partial charge in [-0.25, -0.2) is 4.79 Å². The maximum Gasteiger partial charge on any atom is 0.331 e. The summed E-state index contributed by atoms with van der Waals surface area (Å²) in [6, 6.07) is 2.58. The van der Waals surface area contributed by atoms with E-state index in [1.807, 2.05) is 22.6 Å². The van der Waals surface area contributed by atoms with Crippen molar-refractivity contribution >= 4 is 46.5 Å². The van der Waals surface area contributed by atoms with Crippen LogP contribution in [0.5, 0.6) is 0 Å². The second-order valence-electron chi connectivity index (χ2n) is 3.66. The topological polar surface area (TPSA) is 79.6 Å². The smallest absolute Gasteiger partial charge is 0.331 e. The van der Waals surface area contributed by atoms with Gasteiger partial charge in [0.2, 0.25) is 0 Å². The zero-order chi connectivity index (χ0) is 14.0. The zero-order valence-corrected chi connectivity index (χ0v) is 11.8. The summed E-state index contributed by atoms with van der Waals surface area (Å²) >= 11 is 1.97. The Morgan fingerprint density at radius 3 is 2.68 bits per heavy atom. The van der Waals surface area contributed by atoms with Crippen molar-refractivity contribution in [2.24, 2.45) is 0 Å². The number of amides is 4. The molecular weight excluding hydrogens is 363 g/mol. The Hall–Kier alpha value is -1.90. The molecule has 0 atom stereocenters. The monoisotopic (exact) mass is 372 g/mol. The molecular formula is C12H9IN2O4. The molecule has 2 rings (SSSR count). The molecule has 1 saturated heterocycles. The largest absolute Gasteiger partial charge is 0.451 e. The summed E-state index contributed by atoms with van der Waals surface area (Å²) < 4.78 is 5.89. The van der Waals surface area contributed by atoms with Gasteiger partial charge in [0.1, 0.15) is 11.3 Å². The number of hydrogen-bond donors (Lipinski definition) is 1. The van der Waals surface area contributed by atoms with E-state index >= 15 is 0 Å². The lowest BCUT2D eigenvalue weighted by molar-refractivity contribution is -0.129. The van der Waals surface area contributed by atoms with E-state index < -0.39 is 17.8 Å². The van der Waals surface area contributed by atoms with Crippen molar-refractivity contribution in [1.82, 2.24) is 10.2 Å². The van der Waals surface area contributed by atoms with Gasteiger partial charge in [-0.3, -0.25) is 19.8 Å². The third-order valence-corrected chi connectivity index (χ3v) is 2.96. The fraction of sp³-hybridized carbons (Fsp3) is 0.0833. The molecule has 0 radical (unpaired) electrons. The second-order valence-corrected chi connectivity index (χ2v) is 4.73. The first-order valence-electron chi connectivity index (χ1n) is 5.28. The normalized spacial score (nSPS) is 17.8. The summed E-state index contributed by atoms with van der Waals surface area (Å²) in [6.07, 6.45) is 2.71. The highest BCUT2D eigenvalue weighted by molar-refractivity contribution is 14.1. The SMILES string of the molecule is C=CCN1C(=O)NC(=O)/C(=C\c2ccc(I)o2)C1=O. The number of urea groups is 1. The quantitative estimate of drug-likeness (QED) is 0.378. The number of rotatable bonds is 3. The number of halogens is 1. The minimum Gasteiger partial charge on any atom is -0.451 e.